The number of nitro groups is 1. The summed E-state index contributed by atoms with van der Waals surface area (Å²) < 4.78 is 11.9. The summed E-state index contributed by atoms with van der Waals surface area (Å²) in [5.41, 5.74) is 5.94. The Morgan fingerprint density at radius 3 is 2.75 bits per heavy atom. The Balaban J connectivity index is 2.93. The third-order valence-electron chi connectivity index (χ3n) is 1.92. The van der Waals surface area contributed by atoms with E-state index >= 15 is 0 Å². The highest BCUT2D eigenvalue weighted by Gasteiger charge is 2.15. The van der Waals surface area contributed by atoms with E-state index in [0.29, 0.717) is 22.3 Å². The summed E-state index contributed by atoms with van der Waals surface area (Å²) in [6, 6.07) is 4.70. The van der Waals surface area contributed by atoms with Gasteiger partial charge < -0.3 is 5.73 Å². The molecule has 0 spiro atoms. The molecule has 1 atom stereocenters. The normalized spacial score (nSPS) is 12.4. The second kappa shape index (κ2) is 6.07. The predicted octanol–water partition coefficient (Wildman–Crippen LogP) is 1.56. The monoisotopic (exact) mass is 306 g/mol. The SMILES string of the molecule is NCCS(=O)Cc1cccc([N+](=O)[O-])c1Br. The molecule has 0 aliphatic rings. The Bertz CT molecular complexity index is 425. The van der Waals surface area contributed by atoms with Crippen molar-refractivity contribution in [2.75, 3.05) is 12.3 Å². The zero-order chi connectivity index (χ0) is 12.1. The average molecular weight is 307 g/mol. The molecule has 0 aliphatic heterocycles. The molecule has 0 aliphatic carbocycles. The highest BCUT2D eigenvalue weighted by atomic mass is 79.9. The first-order chi connectivity index (χ1) is 7.56. The van der Waals surface area contributed by atoms with Crippen molar-refractivity contribution in [2.45, 2.75) is 5.75 Å². The Morgan fingerprint density at radius 2 is 2.19 bits per heavy atom. The number of hydrogen-bond acceptors (Lipinski definition) is 4. The van der Waals surface area contributed by atoms with Crippen molar-refractivity contribution in [1.82, 2.24) is 0 Å². The van der Waals surface area contributed by atoms with E-state index in [0.717, 1.165) is 0 Å². The molecule has 1 aromatic rings. The summed E-state index contributed by atoms with van der Waals surface area (Å²) in [4.78, 5) is 10.2. The number of benzene rings is 1. The second-order valence-corrected chi connectivity index (χ2v) is 5.45. The molecule has 0 aromatic heterocycles. The molecule has 16 heavy (non-hydrogen) atoms. The molecule has 2 N–H and O–H groups in total. The molecule has 0 saturated carbocycles. The molecule has 0 radical (unpaired) electrons. The van der Waals surface area contributed by atoms with Gasteiger partial charge in [0.2, 0.25) is 0 Å². The Hall–Kier alpha value is -0.790. The first-order valence-corrected chi connectivity index (χ1v) is 6.81. The maximum Gasteiger partial charge on any atom is 0.283 e. The fraction of sp³-hybridized carbons (Fsp3) is 0.333. The van der Waals surface area contributed by atoms with Crippen LogP contribution in [0.5, 0.6) is 0 Å². The standard InChI is InChI=1S/C9H11BrN2O3S/c10-9-7(6-16(15)5-4-11)2-1-3-8(9)12(13)14/h1-3H,4-6,11H2. The molecule has 5 nitrogen and oxygen atoms in total. The van der Waals surface area contributed by atoms with Crippen molar-refractivity contribution >= 4 is 32.4 Å². The van der Waals surface area contributed by atoms with Crippen molar-refractivity contribution in [3.05, 3.63) is 38.3 Å². The van der Waals surface area contributed by atoms with Crippen LogP contribution in [0.15, 0.2) is 22.7 Å². The lowest BCUT2D eigenvalue weighted by Crippen LogP contribution is -2.11. The van der Waals surface area contributed by atoms with Gasteiger partial charge in [0.25, 0.3) is 5.69 Å². The largest absolute Gasteiger partial charge is 0.330 e. The van der Waals surface area contributed by atoms with E-state index in [-0.39, 0.29) is 11.4 Å². The van der Waals surface area contributed by atoms with Gasteiger partial charge in [-0.25, -0.2) is 0 Å². The second-order valence-electron chi connectivity index (χ2n) is 3.08. The van der Waals surface area contributed by atoms with Gasteiger partial charge in [-0.15, -0.1) is 0 Å². The highest BCUT2D eigenvalue weighted by molar-refractivity contribution is 9.10. The van der Waals surface area contributed by atoms with Gasteiger partial charge in [0.15, 0.2) is 0 Å². The van der Waals surface area contributed by atoms with Crippen molar-refractivity contribution in [3.8, 4) is 0 Å². The summed E-state index contributed by atoms with van der Waals surface area (Å²) in [5, 5.41) is 10.7. The van der Waals surface area contributed by atoms with Gasteiger partial charge in [-0.2, -0.15) is 0 Å². The van der Waals surface area contributed by atoms with Crippen LogP contribution in [0.4, 0.5) is 5.69 Å². The summed E-state index contributed by atoms with van der Waals surface area (Å²) in [6.07, 6.45) is 0. The summed E-state index contributed by atoms with van der Waals surface area (Å²) in [6.45, 7) is 0.346. The van der Waals surface area contributed by atoms with Crippen molar-refractivity contribution < 1.29 is 9.13 Å². The van der Waals surface area contributed by atoms with Crippen LogP contribution in [0, 0.1) is 10.1 Å². The van der Waals surface area contributed by atoms with Crippen LogP contribution < -0.4 is 5.73 Å². The molecule has 0 fully saturated rings. The lowest BCUT2D eigenvalue weighted by molar-refractivity contribution is -0.385. The lowest BCUT2D eigenvalue weighted by atomic mass is 10.2. The number of hydrogen-bond donors (Lipinski definition) is 1. The number of nitrogens with two attached hydrogens (primary N) is 1. The number of nitrogens with zero attached hydrogens (tertiary/aromatic N) is 1. The van der Waals surface area contributed by atoms with E-state index < -0.39 is 15.7 Å². The van der Waals surface area contributed by atoms with E-state index in [1.807, 2.05) is 0 Å². The number of halogens is 1. The molecular formula is C9H11BrN2O3S. The van der Waals surface area contributed by atoms with Gasteiger partial charge >= 0.3 is 0 Å². The van der Waals surface area contributed by atoms with Crippen molar-refractivity contribution in [2.24, 2.45) is 5.73 Å². The minimum Gasteiger partial charge on any atom is -0.330 e. The van der Waals surface area contributed by atoms with Crippen LogP contribution in [-0.2, 0) is 16.6 Å². The van der Waals surface area contributed by atoms with E-state index in [1.165, 1.54) is 6.07 Å². The first-order valence-electron chi connectivity index (χ1n) is 4.53. The van der Waals surface area contributed by atoms with Gasteiger partial charge in [0.1, 0.15) is 0 Å². The van der Waals surface area contributed by atoms with Gasteiger partial charge in [0.05, 0.1) is 9.40 Å². The van der Waals surface area contributed by atoms with E-state index in [4.69, 9.17) is 5.73 Å². The van der Waals surface area contributed by atoms with Gasteiger partial charge in [-0.05, 0) is 21.5 Å². The van der Waals surface area contributed by atoms with Crippen molar-refractivity contribution in [3.63, 3.8) is 0 Å². The minimum atomic E-state index is -1.08. The molecule has 0 saturated heterocycles. The maximum atomic E-state index is 11.5. The molecule has 1 rings (SSSR count). The summed E-state index contributed by atoms with van der Waals surface area (Å²) >= 11 is 3.15. The first kappa shape index (κ1) is 13.3. The maximum absolute atomic E-state index is 11.5. The van der Waals surface area contributed by atoms with E-state index in [9.17, 15) is 14.3 Å². The molecule has 0 heterocycles. The molecular weight excluding hydrogens is 296 g/mol. The molecule has 1 aromatic carbocycles. The van der Waals surface area contributed by atoms with Crippen LogP contribution in [0.25, 0.3) is 0 Å². The van der Waals surface area contributed by atoms with Crippen LogP contribution in [-0.4, -0.2) is 21.4 Å². The quantitative estimate of drug-likeness (QED) is 0.661. The number of nitro benzene ring substituents is 1. The Kier molecular flexibility index (Phi) is 5.04. The van der Waals surface area contributed by atoms with Gasteiger partial charge in [-0.1, -0.05) is 12.1 Å². The molecule has 1 unspecified atom stereocenters. The van der Waals surface area contributed by atoms with Gasteiger partial charge in [0, 0.05) is 34.9 Å². The zero-order valence-electron chi connectivity index (χ0n) is 8.39. The minimum absolute atomic E-state index is 0.0118. The third-order valence-corrected chi connectivity index (χ3v) is 4.16. The number of rotatable bonds is 5. The molecule has 0 amide bonds. The fourth-order valence-electron chi connectivity index (χ4n) is 1.20. The van der Waals surface area contributed by atoms with Crippen LogP contribution >= 0.6 is 15.9 Å². The molecule has 88 valence electrons. The van der Waals surface area contributed by atoms with Crippen LogP contribution in [0.3, 0.4) is 0 Å². The summed E-state index contributed by atoms with van der Waals surface area (Å²) in [5.74, 6) is 0.675. The van der Waals surface area contributed by atoms with Crippen LogP contribution in [0.2, 0.25) is 0 Å². The zero-order valence-corrected chi connectivity index (χ0v) is 10.8. The Labute approximate surface area is 104 Å². The Morgan fingerprint density at radius 1 is 1.50 bits per heavy atom. The van der Waals surface area contributed by atoms with Crippen LogP contribution in [0.1, 0.15) is 5.56 Å². The summed E-state index contributed by atoms with van der Waals surface area (Å²) in [7, 11) is -1.08. The average Bonchev–Trinajstić information content (AvgIpc) is 2.21. The molecule has 7 heteroatoms. The third kappa shape index (κ3) is 3.36. The van der Waals surface area contributed by atoms with Gasteiger partial charge in [-0.3, -0.25) is 14.3 Å². The highest BCUT2D eigenvalue weighted by Crippen LogP contribution is 2.28. The van der Waals surface area contributed by atoms with E-state index in [2.05, 4.69) is 15.9 Å². The molecule has 0 bridgehead atoms. The van der Waals surface area contributed by atoms with Crippen molar-refractivity contribution in [1.29, 1.82) is 0 Å². The predicted molar refractivity (Wildman–Crippen MR) is 66.6 cm³/mol. The van der Waals surface area contributed by atoms with E-state index in [1.54, 1.807) is 12.1 Å². The lowest BCUT2D eigenvalue weighted by Gasteiger charge is -2.04. The fourth-order valence-corrected chi connectivity index (χ4v) is 2.93. The topological polar surface area (TPSA) is 86.2 Å². The smallest absolute Gasteiger partial charge is 0.283 e.